The average Bonchev–Trinajstić information content (AvgIpc) is 3.02. The van der Waals surface area contributed by atoms with Crippen molar-refractivity contribution in [2.75, 3.05) is 19.6 Å². The molecule has 3 aliphatic heterocycles. The highest BCUT2D eigenvalue weighted by Crippen LogP contribution is 2.39. The smallest absolute Gasteiger partial charge is 0.237 e. The first-order valence-corrected chi connectivity index (χ1v) is 8.15. The SMILES string of the molecule is C=C/N=C1/NC=C/C1=C(/N)N1CCC[C@@]2(CCN2C(=O)CC#N)C1. The zero-order chi connectivity index (χ0) is 17.2. The molecule has 0 bridgehead atoms. The van der Waals surface area contributed by atoms with Crippen LogP contribution >= 0.6 is 0 Å². The molecular formula is C17H22N6O. The van der Waals surface area contributed by atoms with E-state index in [1.54, 1.807) is 6.20 Å². The van der Waals surface area contributed by atoms with Crippen LogP contribution in [-0.4, -0.2) is 46.7 Å². The Morgan fingerprint density at radius 2 is 2.38 bits per heavy atom. The number of carbonyl (C=O) groups is 1. The zero-order valence-corrected chi connectivity index (χ0v) is 13.7. The van der Waals surface area contributed by atoms with Gasteiger partial charge in [-0.05, 0) is 25.3 Å². The minimum Gasteiger partial charge on any atom is -0.385 e. The predicted molar refractivity (Wildman–Crippen MR) is 91.2 cm³/mol. The van der Waals surface area contributed by atoms with Gasteiger partial charge in [-0.1, -0.05) is 6.58 Å². The molecule has 7 heteroatoms. The van der Waals surface area contributed by atoms with Crippen molar-refractivity contribution in [3.05, 3.63) is 36.4 Å². The van der Waals surface area contributed by atoms with E-state index < -0.39 is 0 Å². The molecule has 0 saturated carbocycles. The second-order valence-electron chi connectivity index (χ2n) is 6.32. The van der Waals surface area contributed by atoms with Crippen molar-refractivity contribution in [2.45, 2.75) is 31.2 Å². The summed E-state index contributed by atoms with van der Waals surface area (Å²) < 4.78 is 0. The van der Waals surface area contributed by atoms with Crippen molar-refractivity contribution < 1.29 is 4.79 Å². The number of amidine groups is 1. The van der Waals surface area contributed by atoms with E-state index in [0.29, 0.717) is 18.2 Å². The fourth-order valence-electron chi connectivity index (χ4n) is 3.77. The monoisotopic (exact) mass is 326 g/mol. The van der Waals surface area contributed by atoms with Gasteiger partial charge in [-0.25, -0.2) is 4.99 Å². The zero-order valence-electron chi connectivity index (χ0n) is 13.7. The molecule has 2 fully saturated rings. The van der Waals surface area contributed by atoms with Crippen LogP contribution in [0.2, 0.25) is 0 Å². The van der Waals surface area contributed by atoms with Crippen LogP contribution in [-0.2, 0) is 4.79 Å². The summed E-state index contributed by atoms with van der Waals surface area (Å²) in [6.45, 7) is 5.91. The topological polar surface area (TPSA) is 97.8 Å². The predicted octanol–water partition coefficient (Wildman–Crippen LogP) is 0.796. The maximum atomic E-state index is 12.2. The van der Waals surface area contributed by atoms with Crippen molar-refractivity contribution in [3.8, 4) is 6.07 Å². The van der Waals surface area contributed by atoms with Crippen LogP contribution in [0.15, 0.2) is 41.4 Å². The number of rotatable bonds is 3. The molecule has 3 heterocycles. The summed E-state index contributed by atoms with van der Waals surface area (Å²) in [5, 5.41) is 11.8. The quantitative estimate of drug-likeness (QED) is 0.799. The molecule has 1 amide bonds. The highest BCUT2D eigenvalue weighted by molar-refractivity contribution is 6.04. The third-order valence-electron chi connectivity index (χ3n) is 5.02. The standard InChI is InChI=1S/C17H22N6O/c1-2-20-16-13(5-9-21-16)15(19)22-10-3-6-17(12-22)7-11-23(17)14(24)4-8-18/h2,5,9H,1,3-4,6-7,10-12,19H2,(H,20,21)/b15-13+/t17-/m1/s1. The van der Waals surface area contributed by atoms with Crippen molar-refractivity contribution in [1.82, 2.24) is 15.1 Å². The Hall–Kier alpha value is -2.75. The molecule has 2 saturated heterocycles. The number of piperidine rings is 1. The highest BCUT2D eigenvalue weighted by Gasteiger charge is 2.49. The highest BCUT2D eigenvalue weighted by atomic mass is 16.2. The summed E-state index contributed by atoms with van der Waals surface area (Å²) in [6, 6.07) is 1.96. The normalized spacial score (nSPS) is 29.2. The fourth-order valence-corrected chi connectivity index (χ4v) is 3.77. The number of amides is 1. The van der Waals surface area contributed by atoms with Crippen LogP contribution in [0.4, 0.5) is 0 Å². The van der Waals surface area contributed by atoms with Gasteiger partial charge < -0.3 is 20.9 Å². The Bertz CT molecular complexity index is 686. The molecule has 1 spiro atoms. The minimum absolute atomic E-state index is 0.0544. The molecule has 3 aliphatic rings. The van der Waals surface area contributed by atoms with Gasteiger partial charge in [0, 0.05) is 32.0 Å². The van der Waals surface area contributed by atoms with Crippen LogP contribution in [0.5, 0.6) is 0 Å². The number of likely N-dealkylation sites (tertiary alicyclic amines) is 2. The molecule has 0 aliphatic carbocycles. The minimum atomic E-state index is -0.178. The van der Waals surface area contributed by atoms with Crippen LogP contribution in [0, 0.1) is 11.3 Å². The Morgan fingerprint density at radius 3 is 3.04 bits per heavy atom. The molecule has 0 unspecified atom stereocenters. The van der Waals surface area contributed by atoms with Crippen molar-refractivity contribution in [1.29, 1.82) is 5.26 Å². The Kier molecular flexibility index (Phi) is 4.30. The van der Waals surface area contributed by atoms with Gasteiger partial charge in [-0.15, -0.1) is 0 Å². The number of carbonyl (C=O) groups excluding carboxylic acids is 1. The van der Waals surface area contributed by atoms with E-state index in [9.17, 15) is 4.79 Å². The van der Waals surface area contributed by atoms with E-state index >= 15 is 0 Å². The molecule has 3 N–H and O–H groups in total. The molecule has 0 aromatic rings. The average molecular weight is 326 g/mol. The van der Waals surface area contributed by atoms with Crippen LogP contribution in [0.1, 0.15) is 25.7 Å². The molecule has 3 rings (SSSR count). The Balaban J connectivity index is 1.80. The van der Waals surface area contributed by atoms with Gasteiger partial charge in [0.25, 0.3) is 0 Å². The van der Waals surface area contributed by atoms with E-state index in [2.05, 4.69) is 21.8 Å². The van der Waals surface area contributed by atoms with Gasteiger partial charge in [0.05, 0.1) is 17.2 Å². The summed E-state index contributed by atoms with van der Waals surface area (Å²) in [4.78, 5) is 20.3. The largest absolute Gasteiger partial charge is 0.385 e. The van der Waals surface area contributed by atoms with Gasteiger partial charge in [0.15, 0.2) is 0 Å². The fraction of sp³-hybridized carbons (Fsp3) is 0.471. The van der Waals surface area contributed by atoms with Crippen LogP contribution in [0.3, 0.4) is 0 Å². The number of aliphatic imine (C=N–C) groups is 1. The lowest BCUT2D eigenvalue weighted by Crippen LogP contribution is -2.68. The number of nitrogens with two attached hydrogens (primary N) is 1. The summed E-state index contributed by atoms with van der Waals surface area (Å²) >= 11 is 0. The maximum Gasteiger partial charge on any atom is 0.237 e. The molecule has 0 radical (unpaired) electrons. The van der Waals surface area contributed by atoms with Crippen molar-refractivity contribution >= 4 is 11.7 Å². The number of nitrogens with one attached hydrogen (secondary N) is 1. The molecule has 126 valence electrons. The molecule has 24 heavy (non-hydrogen) atoms. The summed E-state index contributed by atoms with van der Waals surface area (Å²) in [7, 11) is 0. The third-order valence-corrected chi connectivity index (χ3v) is 5.02. The van der Waals surface area contributed by atoms with Gasteiger partial charge >= 0.3 is 0 Å². The molecule has 0 aromatic carbocycles. The molecule has 7 nitrogen and oxygen atoms in total. The Morgan fingerprint density at radius 1 is 1.54 bits per heavy atom. The number of nitriles is 1. The van der Waals surface area contributed by atoms with Gasteiger partial charge in [0.2, 0.25) is 5.91 Å². The van der Waals surface area contributed by atoms with E-state index in [-0.39, 0.29) is 17.9 Å². The van der Waals surface area contributed by atoms with Crippen molar-refractivity contribution in [3.63, 3.8) is 0 Å². The van der Waals surface area contributed by atoms with E-state index in [1.807, 2.05) is 17.0 Å². The second-order valence-corrected chi connectivity index (χ2v) is 6.32. The first-order chi connectivity index (χ1) is 11.6. The van der Waals surface area contributed by atoms with E-state index in [0.717, 1.165) is 37.9 Å². The number of hydrogen-bond donors (Lipinski definition) is 2. The summed E-state index contributed by atoms with van der Waals surface area (Å²) in [6.07, 6.45) is 8.02. The molecular weight excluding hydrogens is 304 g/mol. The number of hydrogen-bond acceptors (Lipinski definition) is 5. The lowest BCUT2D eigenvalue weighted by atomic mass is 9.77. The van der Waals surface area contributed by atoms with E-state index in [1.165, 1.54) is 6.20 Å². The van der Waals surface area contributed by atoms with Crippen molar-refractivity contribution in [2.24, 2.45) is 10.7 Å². The summed E-state index contributed by atoms with van der Waals surface area (Å²) in [5.41, 5.74) is 7.07. The lowest BCUT2D eigenvalue weighted by Gasteiger charge is -2.57. The third kappa shape index (κ3) is 2.64. The first-order valence-electron chi connectivity index (χ1n) is 8.15. The number of nitrogens with zero attached hydrogens (tertiary/aromatic N) is 4. The van der Waals surface area contributed by atoms with Crippen LogP contribution in [0.25, 0.3) is 0 Å². The van der Waals surface area contributed by atoms with Gasteiger partial charge in [0.1, 0.15) is 18.1 Å². The van der Waals surface area contributed by atoms with Crippen LogP contribution < -0.4 is 11.1 Å². The summed E-state index contributed by atoms with van der Waals surface area (Å²) in [5.74, 6) is 1.27. The van der Waals surface area contributed by atoms with Gasteiger partial charge in [-0.3, -0.25) is 4.79 Å². The first kappa shape index (κ1) is 16.1. The lowest BCUT2D eigenvalue weighted by molar-refractivity contribution is -0.151. The Labute approximate surface area is 141 Å². The molecule has 0 aromatic heterocycles. The maximum absolute atomic E-state index is 12.2. The van der Waals surface area contributed by atoms with Gasteiger partial charge in [-0.2, -0.15) is 5.26 Å². The second kappa shape index (κ2) is 6.40. The van der Waals surface area contributed by atoms with E-state index in [4.69, 9.17) is 11.0 Å². The molecule has 1 atom stereocenters.